The second-order valence-electron chi connectivity index (χ2n) is 17.2. The summed E-state index contributed by atoms with van der Waals surface area (Å²) in [5.74, 6) is 0. The van der Waals surface area contributed by atoms with Gasteiger partial charge in [-0.15, -0.1) is 4.57 Å². The Morgan fingerprint density at radius 1 is 0.441 bits per heavy atom. The van der Waals surface area contributed by atoms with E-state index in [9.17, 15) is 0 Å². The number of aryl methyl sites for hydroxylation is 2. The molecule has 59 heavy (non-hydrogen) atoms. The van der Waals surface area contributed by atoms with Crippen molar-refractivity contribution in [3.8, 4) is 33.6 Å². The van der Waals surface area contributed by atoms with Crippen molar-refractivity contribution < 1.29 is 9.13 Å². The van der Waals surface area contributed by atoms with Crippen LogP contribution < -0.4 is 9.13 Å². The van der Waals surface area contributed by atoms with Crippen LogP contribution in [0.3, 0.4) is 0 Å². The predicted octanol–water partition coefficient (Wildman–Crippen LogP) is 11.7. The van der Waals surface area contributed by atoms with Gasteiger partial charge in [0.2, 0.25) is 5.69 Å². The molecule has 1 atom stereocenters. The highest BCUT2D eigenvalue weighted by Crippen LogP contribution is 2.66. The molecule has 1 unspecified atom stereocenters. The van der Waals surface area contributed by atoms with Gasteiger partial charge in [0, 0.05) is 33.9 Å². The van der Waals surface area contributed by atoms with E-state index in [0.29, 0.717) is 0 Å². The molecular weight excluding hydrogens is 715 g/mol. The van der Waals surface area contributed by atoms with Crippen LogP contribution in [0.15, 0.2) is 176 Å². The van der Waals surface area contributed by atoms with Crippen LogP contribution >= 0.6 is 0 Å². The second-order valence-corrected chi connectivity index (χ2v) is 17.2. The smallest absolute Gasteiger partial charge is 0.187 e. The van der Waals surface area contributed by atoms with Gasteiger partial charge in [-0.1, -0.05) is 140 Å². The Labute approximate surface area is 340 Å². The number of hydrogen-bond donors (Lipinski definition) is 0. The van der Waals surface area contributed by atoms with E-state index in [-0.39, 0.29) is 0 Å². The lowest BCUT2D eigenvalue weighted by atomic mass is 9.58. The largest absolute Gasteiger partial charge is 0.365 e. The van der Waals surface area contributed by atoms with E-state index in [1.165, 1.54) is 127 Å². The molecule has 2 spiro atoms. The fourth-order valence-electron chi connectivity index (χ4n) is 13.0. The van der Waals surface area contributed by atoms with Crippen molar-refractivity contribution in [2.24, 2.45) is 0 Å². The van der Waals surface area contributed by atoms with Crippen LogP contribution in [0.5, 0.6) is 0 Å². The normalized spacial score (nSPS) is 16.8. The maximum atomic E-state index is 2.71. The zero-order chi connectivity index (χ0) is 38.5. The first-order chi connectivity index (χ1) is 29.1. The van der Waals surface area contributed by atoms with E-state index in [1.807, 2.05) is 0 Å². The van der Waals surface area contributed by atoms with E-state index in [2.05, 4.69) is 204 Å². The Kier molecular flexibility index (Phi) is 5.22. The highest BCUT2D eigenvalue weighted by atomic mass is 15.3. The van der Waals surface area contributed by atoms with Gasteiger partial charge < -0.3 is 0 Å². The first-order valence-electron chi connectivity index (χ1n) is 20.9. The van der Waals surface area contributed by atoms with Gasteiger partial charge in [0.15, 0.2) is 11.9 Å². The summed E-state index contributed by atoms with van der Waals surface area (Å²) in [5.41, 5.74) is 19.9. The predicted molar refractivity (Wildman–Crippen MR) is 237 cm³/mol. The highest BCUT2D eigenvalue weighted by Gasteiger charge is 2.71. The third kappa shape index (κ3) is 3.10. The number of benzene rings is 8. The van der Waals surface area contributed by atoms with E-state index in [4.69, 9.17) is 0 Å². The van der Waals surface area contributed by atoms with Crippen LogP contribution in [0.2, 0.25) is 0 Å². The standard InChI is InChI=1S/C56H35N3/c1-32-15-13-16-33(2)48(32)47-31-58-54-50-41(49-38-21-5-3-17-34(38)35-18-4-6-22-39(35)53(49)59(47)54)28-29-45-52(50)56(58)51-40(46-27-11-12-30-57(46)56)23-14-26-44(51)55(45)42-24-9-7-19-36(42)37-20-8-10-25-43(37)55/h3-31H,1-2H3/q+2. The Bertz CT molecular complexity index is 3760. The van der Waals surface area contributed by atoms with Gasteiger partial charge in [0.1, 0.15) is 11.7 Å². The van der Waals surface area contributed by atoms with Crippen molar-refractivity contribution in [2.75, 3.05) is 0 Å². The molecule has 15 rings (SSSR count). The summed E-state index contributed by atoms with van der Waals surface area (Å²) in [6, 6.07) is 62.4. The van der Waals surface area contributed by atoms with Crippen LogP contribution in [0.4, 0.5) is 0 Å². The lowest BCUT2D eigenvalue weighted by molar-refractivity contribution is -0.950. The molecule has 5 heterocycles. The Morgan fingerprint density at radius 2 is 1.03 bits per heavy atom. The average molecular weight is 750 g/mol. The number of pyridine rings is 2. The molecule has 11 aromatic rings. The Hall–Kier alpha value is -7.36. The molecule has 2 aliphatic heterocycles. The minimum Gasteiger partial charge on any atom is -0.187 e. The SMILES string of the molecule is Cc1cccc(C)c1-c1c[n+]2c3c4c5c(ccc4c4c6ccccc6c6ccccc6c4n13)C1(c3ccccc3-c3ccccc31)c1cccc3c1C52[n+]1ccccc1-3. The minimum atomic E-state index is -0.666. The molecule has 0 radical (unpaired) electrons. The molecule has 4 aliphatic rings. The maximum absolute atomic E-state index is 2.71. The third-order valence-corrected chi connectivity index (χ3v) is 14.9. The summed E-state index contributed by atoms with van der Waals surface area (Å²) in [5, 5.41) is 9.11. The molecule has 0 N–H and O–H groups in total. The second kappa shape index (κ2) is 10.0. The zero-order valence-electron chi connectivity index (χ0n) is 32.6. The molecule has 0 amide bonds. The summed E-state index contributed by atoms with van der Waals surface area (Å²) in [4.78, 5) is 0. The van der Waals surface area contributed by atoms with Crippen molar-refractivity contribution in [2.45, 2.75) is 24.9 Å². The molecule has 0 saturated carbocycles. The van der Waals surface area contributed by atoms with Crippen LogP contribution in [0.1, 0.15) is 44.5 Å². The van der Waals surface area contributed by atoms with E-state index in [1.54, 1.807) is 0 Å². The Morgan fingerprint density at radius 3 is 1.80 bits per heavy atom. The Balaban J connectivity index is 1.29. The lowest BCUT2D eigenvalue weighted by Crippen LogP contribution is -2.73. The molecule has 0 fully saturated rings. The summed E-state index contributed by atoms with van der Waals surface area (Å²) in [6.07, 6.45) is 4.88. The van der Waals surface area contributed by atoms with E-state index < -0.39 is 11.1 Å². The number of fused-ring (bicyclic) bond motifs is 17. The highest BCUT2D eigenvalue weighted by molar-refractivity contribution is 6.32. The van der Waals surface area contributed by atoms with Gasteiger partial charge in [-0.2, -0.15) is 8.97 Å². The molecule has 3 nitrogen and oxygen atoms in total. The number of hydrogen-bond acceptors (Lipinski definition) is 0. The number of nitrogens with zero attached hydrogens (tertiary/aromatic N) is 3. The molecular formula is C56H35N3+2. The molecule has 0 saturated heterocycles. The van der Waals surface area contributed by atoms with Crippen LogP contribution in [-0.4, -0.2) is 4.40 Å². The monoisotopic (exact) mass is 749 g/mol. The van der Waals surface area contributed by atoms with Crippen molar-refractivity contribution >= 4 is 48.9 Å². The van der Waals surface area contributed by atoms with Crippen molar-refractivity contribution in [3.05, 3.63) is 221 Å². The summed E-state index contributed by atoms with van der Waals surface area (Å²) >= 11 is 0. The average Bonchev–Trinajstić information content (AvgIpc) is 3.99. The molecule has 3 aromatic heterocycles. The van der Waals surface area contributed by atoms with Gasteiger partial charge in [0.25, 0.3) is 0 Å². The van der Waals surface area contributed by atoms with Gasteiger partial charge in [-0.05, 0) is 86.6 Å². The van der Waals surface area contributed by atoms with Gasteiger partial charge >= 0.3 is 11.3 Å². The van der Waals surface area contributed by atoms with Gasteiger partial charge in [0.05, 0.1) is 27.5 Å². The molecule has 8 aromatic carbocycles. The third-order valence-electron chi connectivity index (χ3n) is 14.9. The summed E-state index contributed by atoms with van der Waals surface area (Å²) < 4.78 is 8.01. The minimum absolute atomic E-state index is 0.509. The van der Waals surface area contributed by atoms with Crippen LogP contribution in [0, 0.1) is 13.8 Å². The first-order valence-corrected chi connectivity index (χ1v) is 20.9. The molecule has 3 heteroatoms. The number of imidazole rings is 1. The quantitative estimate of drug-likeness (QED) is 0.117. The molecule has 2 aliphatic carbocycles. The fourth-order valence-corrected chi connectivity index (χ4v) is 13.0. The van der Waals surface area contributed by atoms with Crippen molar-refractivity contribution in [1.82, 2.24) is 4.40 Å². The van der Waals surface area contributed by atoms with E-state index >= 15 is 0 Å². The zero-order valence-corrected chi connectivity index (χ0v) is 32.6. The van der Waals surface area contributed by atoms with Gasteiger partial charge in [-0.3, -0.25) is 0 Å². The van der Waals surface area contributed by atoms with Crippen LogP contribution in [-0.2, 0) is 11.1 Å². The summed E-state index contributed by atoms with van der Waals surface area (Å²) in [7, 11) is 0. The molecule has 0 bridgehead atoms. The lowest BCUT2D eigenvalue weighted by Gasteiger charge is -2.42. The molecule has 272 valence electrons. The summed E-state index contributed by atoms with van der Waals surface area (Å²) in [6.45, 7) is 4.56. The van der Waals surface area contributed by atoms with E-state index in [0.717, 1.165) is 0 Å². The number of rotatable bonds is 1. The number of aromatic nitrogens is 3. The van der Waals surface area contributed by atoms with Crippen molar-refractivity contribution in [3.63, 3.8) is 0 Å². The fraction of sp³-hybridized carbons (Fsp3) is 0.0714. The maximum Gasteiger partial charge on any atom is 0.365 e. The first kappa shape index (κ1) is 30.7. The van der Waals surface area contributed by atoms with Crippen molar-refractivity contribution in [1.29, 1.82) is 0 Å². The van der Waals surface area contributed by atoms with Crippen LogP contribution in [0.25, 0.3) is 82.5 Å². The topological polar surface area (TPSA) is 12.2 Å². The van der Waals surface area contributed by atoms with Gasteiger partial charge in [-0.25, -0.2) is 0 Å².